The molecule has 0 saturated heterocycles. The van der Waals surface area contributed by atoms with E-state index in [0.717, 1.165) is 0 Å². The topological polar surface area (TPSA) is 86.6 Å². The minimum absolute atomic E-state index is 0.140. The van der Waals surface area contributed by atoms with Crippen molar-refractivity contribution in [2.24, 2.45) is 5.92 Å². The largest absolute Gasteiger partial charge is 0.480 e. The van der Waals surface area contributed by atoms with Gasteiger partial charge in [-0.05, 0) is 12.8 Å². The number of hydrogen-bond acceptors (Lipinski definition) is 3. The summed E-state index contributed by atoms with van der Waals surface area (Å²) in [5.41, 5.74) is 0. The molecule has 0 rings (SSSR count). The summed E-state index contributed by atoms with van der Waals surface area (Å²) in [4.78, 5) is 21.1. The monoisotopic (exact) mass is 189 g/mol. The van der Waals surface area contributed by atoms with Gasteiger partial charge in [0.1, 0.15) is 12.1 Å². The first-order valence-corrected chi connectivity index (χ1v) is 4.08. The van der Waals surface area contributed by atoms with Gasteiger partial charge in [-0.1, -0.05) is 13.8 Å². The molecule has 0 saturated carbocycles. The Labute approximate surface area is 76.8 Å². The molecule has 5 heteroatoms. The molecule has 76 valence electrons. The van der Waals surface area contributed by atoms with Crippen LogP contribution in [-0.2, 0) is 9.59 Å². The molecule has 0 bridgehead atoms. The van der Waals surface area contributed by atoms with Gasteiger partial charge in [0.05, 0.1) is 0 Å². The quantitative estimate of drug-likeness (QED) is 0.573. The van der Waals surface area contributed by atoms with Gasteiger partial charge in [-0.3, -0.25) is 14.9 Å². The number of carbonyl (C=O) groups is 2. The van der Waals surface area contributed by atoms with E-state index < -0.39 is 24.0 Å². The van der Waals surface area contributed by atoms with Crippen LogP contribution in [0.5, 0.6) is 0 Å². The summed E-state index contributed by atoms with van der Waals surface area (Å²) in [6.07, 6.45) is 0. The Balaban J connectivity index is 4.27. The molecule has 0 aliphatic rings. The zero-order chi connectivity index (χ0) is 10.6. The lowest BCUT2D eigenvalue weighted by Gasteiger charge is -2.20. The highest BCUT2D eigenvalue weighted by atomic mass is 16.4. The van der Waals surface area contributed by atoms with Crippen LogP contribution in [0.2, 0.25) is 0 Å². The van der Waals surface area contributed by atoms with Crippen molar-refractivity contribution in [2.45, 2.75) is 32.9 Å². The van der Waals surface area contributed by atoms with E-state index in [-0.39, 0.29) is 5.92 Å². The van der Waals surface area contributed by atoms with Crippen LogP contribution in [0.25, 0.3) is 0 Å². The van der Waals surface area contributed by atoms with Gasteiger partial charge in [0.2, 0.25) is 0 Å². The molecule has 0 spiro atoms. The average Bonchev–Trinajstić information content (AvgIpc) is 1.97. The Hall–Kier alpha value is -1.10. The molecule has 0 fully saturated rings. The number of nitrogens with one attached hydrogen (secondary N) is 1. The molecule has 3 N–H and O–H groups in total. The fraction of sp³-hybridized carbons (Fsp3) is 0.750. The number of hydrogen-bond donors (Lipinski definition) is 3. The second kappa shape index (κ2) is 4.81. The van der Waals surface area contributed by atoms with Gasteiger partial charge < -0.3 is 10.2 Å². The average molecular weight is 189 g/mol. The number of carboxylic acid groups (broad SMARTS) is 2. The van der Waals surface area contributed by atoms with Crippen LogP contribution in [0.4, 0.5) is 0 Å². The van der Waals surface area contributed by atoms with E-state index in [1.54, 1.807) is 13.8 Å². The van der Waals surface area contributed by atoms with Crippen molar-refractivity contribution in [1.29, 1.82) is 0 Å². The lowest BCUT2D eigenvalue weighted by atomic mass is 10.0. The maximum absolute atomic E-state index is 10.6. The van der Waals surface area contributed by atoms with E-state index in [2.05, 4.69) is 5.32 Å². The molecule has 5 nitrogen and oxygen atoms in total. The predicted octanol–water partition coefficient (Wildman–Crippen LogP) is 0.158. The lowest BCUT2D eigenvalue weighted by Crippen LogP contribution is -2.48. The van der Waals surface area contributed by atoms with Gasteiger partial charge in [-0.2, -0.15) is 0 Å². The third kappa shape index (κ3) is 3.89. The van der Waals surface area contributed by atoms with E-state index in [1.807, 2.05) is 0 Å². The molecule has 0 heterocycles. The number of aliphatic carboxylic acids is 2. The smallest absolute Gasteiger partial charge is 0.320 e. The minimum Gasteiger partial charge on any atom is -0.480 e. The summed E-state index contributed by atoms with van der Waals surface area (Å²) in [7, 11) is 0. The second-order valence-corrected chi connectivity index (χ2v) is 3.29. The third-order valence-electron chi connectivity index (χ3n) is 1.73. The summed E-state index contributed by atoms with van der Waals surface area (Å²) in [5, 5.41) is 19.8. The van der Waals surface area contributed by atoms with E-state index in [4.69, 9.17) is 10.2 Å². The highest BCUT2D eigenvalue weighted by Gasteiger charge is 2.25. The third-order valence-corrected chi connectivity index (χ3v) is 1.73. The van der Waals surface area contributed by atoms with Crippen LogP contribution in [0.3, 0.4) is 0 Å². The first-order chi connectivity index (χ1) is 5.86. The van der Waals surface area contributed by atoms with E-state index in [1.165, 1.54) is 6.92 Å². The van der Waals surface area contributed by atoms with Crippen LogP contribution in [0.15, 0.2) is 0 Å². The molecule has 2 atom stereocenters. The molecule has 0 aromatic heterocycles. The highest BCUT2D eigenvalue weighted by Crippen LogP contribution is 2.02. The zero-order valence-corrected chi connectivity index (χ0v) is 7.94. The first-order valence-electron chi connectivity index (χ1n) is 4.08. The summed E-state index contributed by atoms with van der Waals surface area (Å²) >= 11 is 0. The summed E-state index contributed by atoms with van der Waals surface area (Å²) < 4.78 is 0. The van der Waals surface area contributed by atoms with Gasteiger partial charge >= 0.3 is 11.9 Å². The van der Waals surface area contributed by atoms with E-state index in [9.17, 15) is 9.59 Å². The molecule has 0 aromatic rings. The van der Waals surface area contributed by atoms with Crippen molar-refractivity contribution in [1.82, 2.24) is 5.32 Å². The molecule has 0 amide bonds. The van der Waals surface area contributed by atoms with Crippen molar-refractivity contribution in [3.8, 4) is 0 Å². The molecular formula is C8H15NO4. The van der Waals surface area contributed by atoms with Crippen molar-refractivity contribution in [3.05, 3.63) is 0 Å². The van der Waals surface area contributed by atoms with Gasteiger partial charge in [-0.25, -0.2) is 0 Å². The molecule has 0 aliphatic heterocycles. The Morgan fingerprint density at radius 1 is 1.08 bits per heavy atom. The lowest BCUT2D eigenvalue weighted by molar-refractivity contribution is -0.143. The minimum atomic E-state index is -1.05. The van der Waals surface area contributed by atoms with Crippen LogP contribution in [0, 0.1) is 5.92 Å². The van der Waals surface area contributed by atoms with Gasteiger partial charge in [0.15, 0.2) is 0 Å². The number of carboxylic acids is 2. The normalized spacial score (nSPS) is 15.4. The Morgan fingerprint density at radius 3 is 1.77 bits per heavy atom. The molecule has 0 aliphatic carbocycles. The molecule has 13 heavy (non-hydrogen) atoms. The first kappa shape index (κ1) is 11.9. The Morgan fingerprint density at radius 2 is 1.54 bits per heavy atom. The maximum Gasteiger partial charge on any atom is 0.320 e. The fourth-order valence-electron chi connectivity index (χ4n) is 0.890. The van der Waals surface area contributed by atoms with Crippen LogP contribution in [0.1, 0.15) is 20.8 Å². The molecule has 0 aromatic carbocycles. The summed E-state index contributed by atoms with van der Waals surface area (Å²) in [6, 6.07) is -1.66. The SMILES string of the molecule is CC(C)[C@H](N[C@H](C)C(=O)O)C(=O)O. The van der Waals surface area contributed by atoms with Gasteiger partial charge in [-0.15, -0.1) is 0 Å². The van der Waals surface area contributed by atoms with Crippen LogP contribution in [-0.4, -0.2) is 34.2 Å². The maximum atomic E-state index is 10.6. The molecule has 0 radical (unpaired) electrons. The molecular weight excluding hydrogens is 174 g/mol. The molecule has 0 unspecified atom stereocenters. The van der Waals surface area contributed by atoms with Crippen LogP contribution >= 0.6 is 0 Å². The van der Waals surface area contributed by atoms with Crippen molar-refractivity contribution in [2.75, 3.05) is 0 Å². The van der Waals surface area contributed by atoms with Crippen molar-refractivity contribution >= 4 is 11.9 Å². The number of rotatable bonds is 5. The highest BCUT2D eigenvalue weighted by molar-refractivity contribution is 5.77. The Kier molecular flexibility index (Phi) is 4.40. The second-order valence-electron chi connectivity index (χ2n) is 3.29. The summed E-state index contributed by atoms with van der Waals surface area (Å²) in [6.45, 7) is 4.86. The zero-order valence-electron chi connectivity index (χ0n) is 7.94. The van der Waals surface area contributed by atoms with Crippen molar-refractivity contribution in [3.63, 3.8) is 0 Å². The van der Waals surface area contributed by atoms with Crippen molar-refractivity contribution < 1.29 is 19.8 Å². The van der Waals surface area contributed by atoms with Gasteiger partial charge in [0.25, 0.3) is 0 Å². The predicted molar refractivity (Wildman–Crippen MR) is 46.5 cm³/mol. The van der Waals surface area contributed by atoms with E-state index in [0.29, 0.717) is 0 Å². The summed E-state index contributed by atoms with van der Waals surface area (Å²) in [5.74, 6) is -2.21. The fourth-order valence-corrected chi connectivity index (χ4v) is 0.890. The standard InChI is InChI=1S/C8H15NO4/c1-4(2)6(8(12)13)9-5(3)7(10)11/h4-6,9H,1-3H3,(H,10,11)(H,12,13)/t5-,6+/m1/s1. The van der Waals surface area contributed by atoms with Gasteiger partial charge in [0, 0.05) is 0 Å². The van der Waals surface area contributed by atoms with Crippen LogP contribution < -0.4 is 5.32 Å². The Bertz CT molecular complexity index is 202. The van der Waals surface area contributed by atoms with E-state index >= 15 is 0 Å².